The van der Waals surface area contributed by atoms with Gasteiger partial charge in [-0.05, 0) is 62.1 Å². The zero-order valence-corrected chi connectivity index (χ0v) is 16.4. The van der Waals surface area contributed by atoms with E-state index in [0.29, 0.717) is 23.8 Å². The van der Waals surface area contributed by atoms with E-state index in [4.69, 9.17) is 17.3 Å². The molecule has 3 fully saturated rings. The van der Waals surface area contributed by atoms with Gasteiger partial charge < -0.3 is 15.5 Å². The largest absolute Gasteiger partial charge is 0.368 e. The maximum atomic E-state index is 13.1. The smallest absolute Gasteiger partial charge is 0.225 e. The van der Waals surface area contributed by atoms with Gasteiger partial charge >= 0.3 is 0 Å². The van der Waals surface area contributed by atoms with Crippen molar-refractivity contribution in [2.75, 3.05) is 31.1 Å². The van der Waals surface area contributed by atoms with E-state index in [9.17, 15) is 4.79 Å². The molecule has 2 saturated carbocycles. The number of nitrogens with zero attached hydrogens (tertiary/aromatic N) is 2. The van der Waals surface area contributed by atoms with E-state index in [0.717, 1.165) is 44.0 Å². The zero-order chi connectivity index (χ0) is 18.3. The molecule has 2 N–H and O–H groups in total. The number of hydrogen-bond acceptors (Lipinski definition) is 3. The molecule has 3 aliphatic rings. The number of amides is 1. The number of piperazine rings is 1. The van der Waals surface area contributed by atoms with Crippen LogP contribution in [0.1, 0.15) is 37.7 Å². The molecule has 2 unspecified atom stereocenters. The van der Waals surface area contributed by atoms with Crippen LogP contribution in [0.4, 0.5) is 5.69 Å². The van der Waals surface area contributed by atoms with Gasteiger partial charge in [0.05, 0.1) is 0 Å². The van der Waals surface area contributed by atoms with Gasteiger partial charge in [0.15, 0.2) is 0 Å². The fourth-order valence-electron chi connectivity index (χ4n) is 5.34. The zero-order valence-electron chi connectivity index (χ0n) is 15.7. The predicted octanol–water partition coefficient (Wildman–Crippen LogP) is 3.45. The Morgan fingerprint density at radius 2 is 1.77 bits per heavy atom. The Morgan fingerprint density at radius 3 is 2.42 bits per heavy atom. The van der Waals surface area contributed by atoms with Gasteiger partial charge in [-0.2, -0.15) is 0 Å². The maximum Gasteiger partial charge on any atom is 0.225 e. The molecule has 0 aromatic heterocycles. The summed E-state index contributed by atoms with van der Waals surface area (Å²) in [6, 6.07) is 6.37. The number of aryl methyl sites for hydroxylation is 1. The molecular weight excluding hydrogens is 346 g/mol. The summed E-state index contributed by atoms with van der Waals surface area (Å²) in [5, 5.41) is 0.772. The third-order valence-electron chi connectivity index (χ3n) is 6.87. The summed E-state index contributed by atoms with van der Waals surface area (Å²) >= 11 is 6.17. The highest BCUT2D eigenvalue weighted by Crippen LogP contribution is 2.42. The van der Waals surface area contributed by atoms with Crippen LogP contribution in [0.5, 0.6) is 0 Å². The van der Waals surface area contributed by atoms with Crippen LogP contribution in [0.15, 0.2) is 18.2 Å². The molecule has 2 atom stereocenters. The molecule has 1 heterocycles. The van der Waals surface area contributed by atoms with Gasteiger partial charge in [0.25, 0.3) is 0 Å². The van der Waals surface area contributed by atoms with E-state index >= 15 is 0 Å². The van der Waals surface area contributed by atoms with Crippen LogP contribution in [-0.2, 0) is 4.79 Å². The molecule has 4 nitrogen and oxygen atoms in total. The number of fused-ring (bicyclic) bond motifs is 2. The highest BCUT2D eigenvalue weighted by molar-refractivity contribution is 6.30. The third-order valence-corrected chi connectivity index (χ3v) is 7.10. The molecule has 26 heavy (non-hydrogen) atoms. The van der Waals surface area contributed by atoms with Crippen molar-refractivity contribution in [1.82, 2.24) is 4.90 Å². The lowest BCUT2D eigenvalue weighted by Gasteiger charge is -2.45. The van der Waals surface area contributed by atoms with Crippen LogP contribution >= 0.6 is 11.6 Å². The second-order valence-corrected chi connectivity index (χ2v) is 8.88. The van der Waals surface area contributed by atoms with Crippen molar-refractivity contribution in [3.63, 3.8) is 0 Å². The highest BCUT2D eigenvalue weighted by Gasteiger charge is 2.41. The summed E-state index contributed by atoms with van der Waals surface area (Å²) in [7, 11) is 0. The first-order valence-corrected chi connectivity index (χ1v) is 10.5. The summed E-state index contributed by atoms with van der Waals surface area (Å²) in [5.41, 5.74) is 8.83. The van der Waals surface area contributed by atoms with E-state index in [2.05, 4.69) is 22.8 Å². The SMILES string of the molecule is Cc1ccc(Cl)cc1N1CCN(C(=O)C2CC3CCCC(C2)C3N)CC1. The summed E-state index contributed by atoms with van der Waals surface area (Å²) in [5.74, 6) is 1.69. The number of rotatable bonds is 2. The van der Waals surface area contributed by atoms with Gasteiger partial charge in [-0.15, -0.1) is 0 Å². The predicted molar refractivity (Wildman–Crippen MR) is 107 cm³/mol. The lowest BCUT2D eigenvalue weighted by molar-refractivity contribution is -0.138. The maximum absolute atomic E-state index is 13.1. The van der Waals surface area contributed by atoms with Gasteiger partial charge in [-0.3, -0.25) is 4.79 Å². The Bertz CT molecular complexity index is 657. The normalized spacial score (nSPS) is 31.8. The van der Waals surface area contributed by atoms with Gasteiger partial charge in [0.2, 0.25) is 5.91 Å². The standard InChI is InChI=1S/C21H30ClN3O/c1-14-5-6-18(22)13-19(14)24-7-9-25(10-8-24)21(26)17-11-15-3-2-4-16(12-17)20(15)23/h5-6,13,15-17,20H,2-4,7-12,23H2,1H3. The van der Waals surface area contributed by atoms with Gasteiger partial charge in [0, 0.05) is 48.8 Å². The van der Waals surface area contributed by atoms with Gasteiger partial charge in [-0.1, -0.05) is 24.1 Å². The fraction of sp³-hybridized carbons (Fsp3) is 0.667. The Morgan fingerprint density at radius 1 is 1.12 bits per heavy atom. The summed E-state index contributed by atoms with van der Waals surface area (Å²) in [6.45, 7) is 5.50. The average molecular weight is 376 g/mol. The first-order valence-electron chi connectivity index (χ1n) is 10.1. The Balaban J connectivity index is 1.37. The van der Waals surface area contributed by atoms with E-state index in [-0.39, 0.29) is 5.92 Å². The first-order chi connectivity index (χ1) is 12.5. The van der Waals surface area contributed by atoms with Crippen molar-refractivity contribution in [2.24, 2.45) is 23.5 Å². The second kappa shape index (κ2) is 7.40. The molecular formula is C21H30ClN3O. The minimum absolute atomic E-state index is 0.199. The molecule has 5 heteroatoms. The highest BCUT2D eigenvalue weighted by atomic mass is 35.5. The lowest BCUT2D eigenvalue weighted by Crippen LogP contribution is -2.53. The number of halogens is 1. The number of nitrogens with two attached hydrogens (primary N) is 1. The van der Waals surface area contributed by atoms with Crippen molar-refractivity contribution >= 4 is 23.2 Å². The molecule has 2 aliphatic carbocycles. The number of carbonyl (C=O) groups is 1. The quantitative estimate of drug-likeness (QED) is 0.861. The molecule has 1 aromatic rings. The second-order valence-electron chi connectivity index (χ2n) is 8.44. The molecule has 0 spiro atoms. The van der Waals surface area contributed by atoms with Crippen molar-refractivity contribution in [3.05, 3.63) is 28.8 Å². The van der Waals surface area contributed by atoms with Crippen LogP contribution < -0.4 is 10.6 Å². The number of benzene rings is 1. The number of carbonyl (C=O) groups excluding carboxylic acids is 1. The van der Waals surface area contributed by atoms with E-state index in [1.165, 1.54) is 30.5 Å². The molecule has 1 aromatic carbocycles. The van der Waals surface area contributed by atoms with E-state index in [1.54, 1.807) is 0 Å². The topological polar surface area (TPSA) is 49.6 Å². The average Bonchev–Trinajstić information content (AvgIpc) is 2.63. The molecule has 1 aliphatic heterocycles. The van der Waals surface area contributed by atoms with Gasteiger partial charge in [-0.25, -0.2) is 0 Å². The number of anilines is 1. The minimum atomic E-state index is 0.199. The summed E-state index contributed by atoms with van der Waals surface area (Å²) in [4.78, 5) is 17.5. The van der Waals surface area contributed by atoms with Crippen LogP contribution in [-0.4, -0.2) is 43.0 Å². The lowest BCUT2D eigenvalue weighted by atomic mass is 9.65. The summed E-state index contributed by atoms with van der Waals surface area (Å²) < 4.78 is 0. The van der Waals surface area contributed by atoms with E-state index in [1.807, 2.05) is 12.1 Å². The number of hydrogen-bond donors (Lipinski definition) is 1. The molecule has 1 saturated heterocycles. The molecule has 142 valence electrons. The van der Waals surface area contributed by atoms with Crippen LogP contribution in [0.3, 0.4) is 0 Å². The van der Waals surface area contributed by atoms with Gasteiger partial charge in [0.1, 0.15) is 0 Å². The Kier molecular flexibility index (Phi) is 5.15. The van der Waals surface area contributed by atoms with Crippen molar-refractivity contribution in [1.29, 1.82) is 0 Å². The monoisotopic (exact) mass is 375 g/mol. The third kappa shape index (κ3) is 3.46. The molecule has 1 amide bonds. The van der Waals surface area contributed by atoms with Crippen molar-refractivity contribution in [3.8, 4) is 0 Å². The minimum Gasteiger partial charge on any atom is -0.368 e. The van der Waals surface area contributed by atoms with E-state index < -0.39 is 0 Å². The van der Waals surface area contributed by atoms with Crippen molar-refractivity contribution in [2.45, 2.75) is 45.1 Å². The Hall–Kier alpha value is -1.26. The molecule has 0 radical (unpaired) electrons. The van der Waals surface area contributed by atoms with Crippen LogP contribution in [0, 0.1) is 24.7 Å². The first kappa shape index (κ1) is 18.1. The molecule has 2 bridgehead atoms. The fourth-order valence-corrected chi connectivity index (χ4v) is 5.51. The summed E-state index contributed by atoms with van der Waals surface area (Å²) in [6.07, 6.45) is 5.72. The van der Waals surface area contributed by atoms with Crippen LogP contribution in [0.25, 0.3) is 0 Å². The van der Waals surface area contributed by atoms with Crippen LogP contribution in [0.2, 0.25) is 5.02 Å². The Labute approximate surface area is 161 Å². The molecule has 4 rings (SSSR count). The van der Waals surface area contributed by atoms with Crippen molar-refractivity contribution < 1.29 is 4.79 Å².